The molecule has 358 valence electrons. The van der Waals surface area contributed by atoms with E-state index in [0.717, 1.165) is 23.5 Å². The van der Waals surface area contributed by atoms with E-state index in [1.54, 1.807) is 5.57 Å². The van der Waals surface area contributed by atoms with Gasteiger partial charge in [-0.1, -0.05) is 240 Å². The van der Waals surface area contributed by atoms with Crippen molar-refractivity contribution in [2.75, 3.05) is 4.90 Å². The van der Waals surface area contributed by atoms with E-state index in [-0.39, 0.29) is 16.2 Å². The summed E-state index contributed by atoms with van der Waals surface area (Å²) < 4.78 is 0. The molecular weight excluding hydrogens is 903 g/mol. The Hall–Kier alpha value is -8.52. The number of hydrogen-bond acceptors (Lipinski definition) is 1. The van der Waals surface area contributed by atoms with Crippen LogP contribution in [0.3, 0.4) is 0 Å². The minimum atomic E-state index is -0.356. The molecule has 0 saturated heterocycles. The Morgan fingerprint density at radius 3 is 1.52 bits per heavy atom. The molecule has 5 aliphatic rings. The van der Waals surface area contributed by atoms with Crippen molar-refractivity contribution in [3.63, 3.8) is 0 Å². The summed E-state index contributed by atoms with van der Waals surface area (Å²) in [5.74, 6) is 0.550. The molecule has 0 N–H and O–H groups in total. The fourth-order valence-corrected chi connectivity index (χ4v) is 14.7. The van der Waals surface area contributed by atoms with E-state index < -0.39 is 0 Å². The van der Waals surface area contributed by atoms with E-state index in [1.165, 1.54) is 117 Å². The van der Waals surface area contributed by atoms with Crippen LogP contribution in [0.2, 0.25) is 0 Å². The maximum Gasteiger partial charge on any atom is 0.0725 e. The molecule has 0 bridgehead atoms. The Morgan fingerprint density at radius 1 is 0.373 bits per heavy atom. The summed E-state index contributed by atoms with van der Waals surface area (Å²) in [4.78, 5) is 2.48. The van der Waals surface area contributed by atoms with E-state index in [4.69, 9.17) is 0 Å². The van der Waals surface area contributed by atoms with Gasteiger partial charge in [-0.25, -0.2) is 0 Å². The smallest absolute Gasteiger partial charge is 0.0725 e. The van der Waals surface area contributed by atoms with E-state index >= 15 is 0 Å². The molecular formula is C74H57N. The normalized spacial score (nSPS) is 16.9. The second-order valence-corrected chi connectivity index (χ2v) is 22.8. The summed E-state index contributed by atoms with van der Waals surface area (Å²) in [6.07, 6.45) is 5.89. The molecule has 1 nitrogen and oxygen atoms in total. The molecule has 1 atom stereocenters. The van der Waals surface area contributed by atoms with Gasteiger partial charge in [-0.05, 0) is 160 Å². The van der Waals surface area contributed by atoms with Gasteiger partial charge in [-0.3, -0.25) is 0 Å². The SMILES string of the molecule is CC1C=CC2=C(C1)C(C)(C)c1c2cccc1-c1ccc(N(c2ccc(-c3ccc4c(c3)-c3ccccc3C43c4ccccc4-c4ccccc43)cc2)c2ccccc2-c2cccc3c2-c2ccccc2C3(C)C)cc1. The van der Waals surface area contributed by atoms with Crippen LogP contribution >= 0.6 is 0 Å². The number of para-hydroxylation sites is 1. The Morgan fingerprint density at radius 2 is 0.853 bits per heavy atom. The first-order valence-electron chi connectivity index (χ1n) is 27.0. The van der Waals surface area contributed by atoms with Crippen LogP contribution in [-0.4, -0.2) is 0 Å². The van der Waals surface area contributed by atoms with Crippen molar-refractivity contribution in [2.45, 2.75) is 57.3 Å². The number of nitrogens with zero attached hydrogens (tertiary/aromatic N) is 1. The zero-order valence-corrected chi connectivity index (χ0v) is 43.2. The molecule has 1 unspecified atom stereocenters. The number of anilines is 3. The van der Waals surface area contributed by atoms with Crippen molar-refractivity contribution in [2.24, 2.45) is 5.92 Å². The molecule has 10 aromatic carbocycles. The van der Waals surface area contributed by atoms with Gasteiger partial charge in [0.15, 0.2) is 0 Å². The van der Waals surface area contributed by atoms with Gasteiger partial charge in [-0.15, -0.1) is 0 Å². The maximum atomic E-state index is 2.48. The van der Waals surface area contributed by atoms with Gasteiger partial charge >= 0.3 is 0 Å². The highest BCUT2D eigenvalue weighted by Crippen LogP contribution is 2.63. The van der Waals surface area contributed by atoms with Gasteiger partial charge in [0.2, 0.25) is 0 Å². The lowest BCUT2D eigenvalue weighted by Crippen LogP contribution is -2.25. The Bertz CT molecular complexity index is 4050. The van der Waals surface area contributed by atoms with Crippen LogP contribution in [0, 0.1) is 5.92 Å². The fourth-order valence-electron chi connectivity index (χ4n) is 14.7. The largest absolute Gasteiger partial charge is 0.310 e. The molecule has 5 aliphatic carbocycles. The van der Waals surface area contributed by atoms with Crippen LogP contribution in [0.15, 0.2) is 242 Å². The average Bonchev–Trinajstić information content (AvgIpc) is 4.28. The highest BCUT2D eigenvalue weighted by atomic mass is 15.1. The van der Waals surface area contributed by atoms with Crippen molar-refractivity contribution in [3.8, 4) is 66.8 Å². The van der Waals surface area contributed by atoms with Crippen molar-refractivity contribution in [3.05, 3.63) is 287 Å². The third-order valence-electron chi connectivity index (χ3n) is 18.1. The van der Waals surface area contributed by atoms with Gasteiger partial charge in [0.05, 0.1) is 11.1 Å². The molecule has 0 radical (unpaired) electrons. The number of allylic oxidation sites excluding steroid dienone is 4. The lowest BCUT2D eigenvalue weighted by molar-refractivity contribution is 0.567. The molecule has 1 spiro atoms. The van der Waals surface area contributed by atoms with Crippen LogP contribution in [0.4, 0.5) is 17.1 Å². The number of benzene rings is 10. The Balaban J connectivity index is 0.865. The molecule has 10 aromatic rings. The zero-order chi connectivity index (χ0) is 50.4. The second-order valence-electron chi connectivity index (χ2n) is 22.8. The van der Waals surface area contributed by atoms with Crippen LogP contribution < -0.4 is 4.90 Å². The van der Waals surface area contributed by atoms with Crippen LogP contribution in [0.25, 0.3) is 72.3 Å². The number of fused-ring (bicyclic) bond motifs is 15. The molecule has 0 fully saturated rings. The predicted octanol–water partition coefficient (Wildman–Crippen LogP) is 19.4. The molecule has 15 rings (SSSR count). The first kappa shape index (κ1) is 44.0. The third kappa shape index (κ3) is 6.07. The topological polar surface area (TPSA) is 3.24 Å². The summed E-state index contributed by atoms with van der Waals surface area (Å²) in [6, 6.07) is 85.1. The number of hydrogen-bond donors (Lipinski definition) is 0. The van der Waals surface area contributed by atoms with Gasteiger partial charge in [0, 0.05) is 27.8 Å². The predicted molar refractivity (Wildman–Crippen MR) is 314 cm³/mol. The summed E-state index contributed by atoms with van der Waals surface area (Å²) >= 11 is 0. The summed E-state index contributed by atoms with van der Waals surface area (Å²) in [6.45, 7) is 12.0. The second kappa shape index (κ2) is 16.0. The lowest BCUT2D eigenvalue weighted by atomic mass is 9.70. The Labute approximate surface area is 441 Å². The van der Waals surface area contributed by atoms with Crippen molar-refractivity contribution in [1.29, 1.82) is 0 Å². The third-order valence-corrected chi connectivity index (χ3v) is 18.1. The van der Waals surface area contributed by atoms with Gasteiger partial charge in [-0.2, -0.15) is 0 Å². The summed E-state index contributed by atoms with van der Waals surface area (Å²) in [5.41, 5.74) is 32.3. The van der Waals surface area contributed by atoms with E-state index in [2.05, 4.69) is 276 Å². The first-order chi connectivity index (χ1) is 36.6. The quantitative estimate of drug-likeness (QED) is 0.161. The van der Waals surface area contributed by atoms with Crippen LogP contribution in [0.1, 0.15) is 85.5 Å². The molecule has 75 heavy (non-hydrogen) atoms. The standard InChI is InChI=1S/C74H57N/c1-46-32-42-56-59-25-16-23-52(71(59)73(4,5)68(56)44-46)48-35-40-51(41-36-48)75(69-31-15-10-21-57(69)58-24-17-30-67-70(58)60-22-9-11-26-62(60)72(67,2)3)50-38-33-47(34-39-50)49-37-43-66-61(45-49)55-20-8-14-29-65(55)74(66)63-27-12-6-18-53(63)54-19-7-13-28-64(54)74/h6-43,45-46H,44H2,1-5H3. The highest BCUT2D eigenvalue weighted by Gasteiger charge is 2.51. The lowest BCUT2D eigenvalue weighted by Gasteiger charge is -2.30. The summed E-state index contributed by atoms with van der Waals surface area (Å²) in [7, 11) is 0. The molecule has 0 amide bonds. The molecule has 0 heterocycles. The fraction of sp³-hybridized carbons (Fsp3) is 0.135. The average molecular weight is 960 g/mol. The van der Waals surface area contributed by atoms with Crippen molar-refractivity contribution < 1.29 is 0 Å². The van der Waals surface area contributed by atoms with E-state index in [9.17, 15) is 0 Å². The molecule has 0 saturated carbocycles. The molecule has 0 aromatic heterocycles. The van der Waals surface area contributed by atoms with Gasteiger partial charge < -0.3 is 4.90 Å². The minimum Gasteiger partial charge on any atom is -0.310 e. The Kier molecular flexibility index (Phi) is 9.38. The highest BCUT2D eigenvalue weighted by molar-refractivity contribution is 6.00. The number of rotatable bonds is 6. The van der Waals surface area contributed by atoms with Crippen molar-refractivity contribution >= 4 is 22.6 Å². The van der Waals surface area contributed by atoms with E-state index in [1.807, 2.05) is 0 Å². The molecule has 0 aliphatic heterocycles. The molecule has 1 heteroatoms. The van der Waals surface area contributed by atoms with E-state index in [0.29, 0.717) is 5.92 Å². The summed E-state index contributed by atoms with van der Waals surface area (Å²) in [5, 5.41) is 0. The van der Waals surface area contributed by atoms with Crippen LogP contribution in [0.5, 0.6) is 0 Å². The first-order valence-corrected chi connectivity index (χ1v) is 27.0. The van der Waals surface area contributed by atoms with Crippen molar-refractivity contribution in [1.82, 2.24) is 0 Å². The van der Waals surface area contributed by atoms with Gasteiger partial charge in [0.25, 0.3) is 0 Å². The minimum absolute atomic E-state index is 0.0498. The monoisotopic (exact) mass is 959 g/mol. The van der Waals surface area contributed by atoms with Gasteiger partial charge in [0.1, 0.15) is 0 Å². The zero-order valence-electron chi connectivity index (χ0n) is 43.2. The maximum absolute atomic E-state index is 2.48. The van der Waals surface area contributed by atoms with Crippen LogP contribution in [-0.2, 0) is 16.2 Å².